The molecule has 2 N–H and O–H groups in total. The summed E-state index contributed by atoms with van der Waals surface area (Å²) < 4.78 is 28.8. The SMILES string of the molecule is CNC(=O)CN=Cc1ccc(CN2CCN(c3c(F)cc4c(=O)c(C(=O)O)cn(C5CC5)c4c3OC)CC2)o1. The average molecular weight is 540 g/mol. The number of hydrogen-bond donors (Lipinski definition) is 2. The Hall–Kier alpha value is -4.19. The Labute approximate surface area is 223 Å². The number of methoxy groups -OCH3 is 1. The van der Waals surface area contributed by atoms with Crippen LogP contribution in [0.1, 0.15) is 40.8 Å². The van der Waals surface area contributed by atoms with Crippen molar-refractivity contribution in [2.75, 3.05) is 51.8 Å². The van der Waals surface area contributed by atoms with Crippen molar-refractivity contribution in [1.82, 2.24) is 14.8 Å². The number of halogens is 1. The summed E-state index contributed by atoms with van der Waals surface area (Å²) in [7, 11) is 2.99. The summed E-state index contributed by atoms with van der Waals surface area (Å²) in [5, 5.41) is 12.0. The Balaban J connectivity index is 1.35. The Morgan fingerprint density at radius 3 is 2.64 bits per heavy atom. The van der Waals surface area contributed by atoms with E-state index in [2.05, 4.69) is 15.2 Å². The molecule has 12 heteroatoms. The van der Waals surface area contributed by atoms with Crippen LogP contribution in [-0.4, -0.2) is 79.5 Å². The lowest BCUT2D eigenvalue weighted by atomic mass is 10.1. The zero-order chi connectivity index (χ0) is 27.7. The lowest BCUT2D eigenvalue weighted by Crippen LogP contribution is -2.46. The van der Waals surface area contributed by atoms with Crippen LogP contribution in [0.2, 0.25) is 0 Å². The van der Waals surface area contributed by atoms with Crippen LogP contribution in [0.3, 0.4) is 0 Å². The van der Waals surface area contributed by atoms with Crippen molar-refractivity contribution < 1.29 is 28.2 Å². The summed E-state index contributed by atoms with van der Waals surface area (Å²) in [6, 6.07) is 4.84. The number of aliphatic imine (C=N–C) groups is 1. The predicted molar refractivity (Wildman–Crippen MR) is 143 cm³/mol. The van der Waals surface area contributed by atoms with Crippen LogP contribution >= 0.6 is 0 Å². The van der Waals surface area contributed by atoms with E-state index < -0.39 is 17.2 Å². The zero-order valence-electron chi connectivity index (χ0n) is 21.8. The fourth-order valence-corrected chi connectivity index (χ4v) is 4.92. The third-order valence-corrected chi connectivity index (χ3v) is 7.06. The number of anilines is 1. The first kappa shape index (κ1) is 26.4. The standard InChI is InChI=1S/C27H30FN5O6/c1-29-22(34)13-30-12-17-5-6-18(39-17)14-31-7-9-32(10-8-31)24-21(28)11-19-23(26(24)38-2)33(16-3-4-16)15-20(25(19)35)27(36)37/h5-6,11-12,15-16H,3-4,7-10,13-14H2,1-2H3,(H,29,34)(H,36,37). The minimum Gasteiger partial charge on any atom is -0.492 e. The van der Waals surface area contributed by atoms with E-state index in [4.69, 9.17) is 9.15 Å². The number of nitrogens with zero attached hydrogens (tertiary/aromatic N) is 4. The summed E-state index contributed by atoms with van der Waals surface area (Å²) in [6.07, 6.45) is 4.57. The Morgan fingerprint density at radius 1 is 1.26 bits per heavy atom. The van der Waals surface area contributed by atoms with Crippen molar-refractivity contribution in [1.29, 1.82) is 0 Å². The van der Waals surface area contributed by atoms with Gasteiger partial charge in [0.05, 0.1) is 30.8 Å². The molecular formula is C27H30FN5O6. The van der Waals surface area contributed by atoms with Crippen LogP contribution in [-0.2, 0) is 11.3 Å². The van der Waals surface area contributed by atoms with Crippen molar-refractivity contribution in [2.45, 2.75) is 25.4 Å². The highest BCUT2D eigenvalue weighted by molar-refractivity contribution is 5.97. The van der Waals surface area contributed by atoms with E-state index in [1.165, 1.54) is 19.5 Å². The smallest absolute Gasteiger partial charge is 0.341 e. The number of carboxylic acid groups (broad SMARTS) is 1. The number of ether oxygens (including phenoxy) is 1. The van der Waals surface area contributed by atoms with E-state index in [1.54, 1.807) is 17.7 Å². The van der Waals surface area contributed by atoms with E-state index in [0.717, 1.165) is 24.7 Å². The topological polar surface area (TPSA) is 130 Å². The number of amides is 1. The number of piperazine rings is 1. The van der Waals surface area contributed by atoms with Gasteiger partial charge in [-0.25, -0.2) is 9.18 Å². The number of pyridine rings is 1. The monoisotopic (exact) mass is 539 g/mol. The quantitative estimate of drug-likeness (QED) is 0.396. The lowest BCUT2D eigenvalue weighted by molar-refractivity contribution is -0.119. The number of carbonyl (C=O) groups excluding carboxylic acids is 1. The summed E-state index contributed by atoms with van der Waals surface area (Å²) >= 11 is 0. The molecule has 1 saturated heterocycles. The number of furan rings is 1. The van der Waals surface area contributed by atoms with Gasteiger partial charge in [-0.2, -0.15) is 0 Å². The highest BCUT2D eigenvalue weighted by Gasteiger charge is 2.32. The number of hydrogen-bond acceptors (Lipinski definition) is 8. The van der Waals surface area contributed by atoms with Gasteiger partial charge in [-0.05, 0) is 31.0 Å². The van der Waals surface area contributed by atoms with Crippen molar-refractivity contribution in [3.63, 3.8) is 0 Å². The maximum absolute atomic E-state index is 15.6. The molecule has 206 valence electrons. The molecule has 39 heavy (non-hydrogen) atoms. The number of fused-ring (bicyclic) bond motifs is 1. The molecule has 1 amide bonds. The molecule has 0 radical (unpaired) electrons. The summed E-state index contributed by atoms with van der Waals surface area (Å²) in [5.41, 5.74) is -0.403. The molecule has 0 bridgehead atoms. The number of aromatic nitrogens is 1. The van der Waals surface area contributed by atoms with Gasteiger partial charge < -0.3 is 29.0 Å². The van der Waals surface area contributed by atoms with Gasteiger partial charge in [-0.3, -0.25) is 19.5 Å². The van der Waals surface area contributed by atoms with Crippen molar-refractivity contribution >= 4 is 34.7 Å². The van der Waals surface area contributed by atoms with E-state index in [9.17, 15) is 19.5 Å². The van der Waals surface area contributed by atoms with Gasteiger partial charge >= 0.3 is 5.97 Å². The molecule has 0 spiro atoms. The number of likely N-dealkylation sites (N-methyl/N-ethyl adjacent to an activating group) is 1. The number of carbonyl (C=O) groups is 2. The highest BCUT2D eigenvalue weighted by Crippen LogP contribution is 2.43. The predicted octanol–water partition coefficient (Wildman–Crippen LogP) is 2.26. The van der Waals surface area contributed by atoms with Gasteiger partial charge in [0.15, 0.2) is 11.6 Å². The van der Waals surface area contributed by atoms with Gasteiger partial charge in [0, 0.05) is 45.5 Å². The fraction of sp³-hybridized carbons (Fsp3) is 0.407. The molecule has 3 heterocycles. The molecule has 1 aromatic carbocycles. The van der Waals surface area contributed by atoms with Gasteiger partial charge in [0.25, 0.3) is 0 Å². The minimum atomic E-state index is -1.34. The Kier molecular flexibility index (Phi) is 7.38. The Morgan fingerprint density at radius 2 is 2.00 bits per heavy atom. The zero-order valence-corrected chi connectivity index (χ0v) is 21.8. The average Bonchev–Trinajstić information content (AvgIpc) is 3.68. The molecular weight excluding hydrogens is 509 g/mol. The van der Waals surface area contributed by atoms with E-state index in [-0.39, 0.29) is 40.9 Å². The molecule has 5 rings (SSSR count). The van der Waals surface area contributed by atoms with E-state index in [1.807, 2.05) is 11.0 Å². The molecule has 2 aliphatic rings. The molecule has 1 saturated carbocycles. The number of nitrogens with one attached hydrogen (secondary N) is 1. The number of rotatable bonds is 9. The van der Waals surface area contributed by atoms with Crippen molar-refractivity contribution in [3.8, 4) is 5.75 Å². The first-order valence-corrected chi connectivity index (χ1v) is 12.8. The van der Waals surface area contributed by atoms with Crippen LogP contribution in [0.5, 0.6) is 5.75 Å². The van der Waals surface area contributed by atoms with Crippen molar-refractivity contribution in [2.24, 2.45) is 4.99 Å². The third kappa shape index (κ3) is 5.37. The number of aromatic carboxylic acids is 1. The molecule has 2 fully saturated rings. The summed E-state index contributed by atoms with van der Waals surface area (Å²) in [6.45, 7) is 2.89. The number of carboxylic acids is 1. The molecule has 0 atom stereocenters. The maximum atomic E-state index is 15.6. The molecule has 0 unspecified atom stereocenters. The largest absolute Gasteiger partial charge is 0.492 e. The molecule has 1 aliphatic heterocycles. The van der Waals surface area contributed by atoms with Gasteiger partial charge in [-0.15, -0.1) is 0 Å². The van der Waals surface area contributed by atoms with Gasteiger partial charge in [-0.1, -0.05) is 0 Å². The van der Waals surface area contributed by atoms with Crippen LogP contribution < -0.4 is 20.4 Å². The molecule has 1 aliphatic carbocycles. The fourth-order valence-electron chi connectivity index (χ4n) is 4.92. The maximum Gasteiger partial charge on any atom is 0.341 e. The first-order valence-electron chi connectivity index (χ1n) is 12.8. The van der Waals surface area contributed by atoms with E-state index in [0.29, 0.717) is 44.0 Å². The lowest BCUT2D eigenvalue weighted by Gasteiger charge is -2.36. The highest BCUT2D eigenvalue weighted by atomic mass is 19.1. The first-order chi connectivity index (χ1) is 18.8. The van der Waals surface area contributed by atoms with Crippen LogP contribution in [0.25, 0.3) is 10.9 Å². The van der Waals surface area contributed by atoms with Crippen molar-refractivity contribution in [3.05, 3.63) is 57.5 Å². The normalized spacial score (nSPS) is 16.2. The third-order valence-electron chi connectivity index (χ3n) is 7.06. The van der Waals surface area contributed by atoms with Gasteiger partial charge in [0.1, 0.15) is 29.3 Å². The van der Waals surface area contributed by atoms with E-state index >= 15 is 4.39 Å². The second kappa shape index (κ2) is 10.9. The summed E-state index contributed by atoms with van der Waals surface area (Å²) in [5.74, 6) is -0.593. The van der Waals surface area contributed by atoms with Gasteiger partial charge in [0.2, 0.25) is 11.3 Å². The van der Waals surface area contributed by atoms with Crippen LogP contribution in [0.4, 0.5) is 10.1 Å². The Bertz CT molecular complexity index is 1500. The molecule has 11 nitrogen and oxygen atoms in total. The minimum absolute atomic E-state index is 0.00558. The summed E-state index contributed by atoms with van der Waals surface area (Å²) in [4.78, 5) is 44.0. The van der Waals surface area contributed by atoms with Crippen LogP contribution in [0.15, 0.2) is 38.6 Å². The van der Waals surface area contributed by atoms with Crippen LogP contribution in [0, 0.1) is 5.82 Å². The number of benzene rings is 1. The second-order valence-electron chi connectivity index (χ2n) is 9.66. The molecule has 3 aromatic rings. The molecule has 2 aromatic heterocycles. The second-order valence-corrected chi connectivity index (χ2v) is 9.66.